The van der Waals surface area contributed by atoms with Crippen LogP contribution in [0.4, 0.5) is 0 Å². The van der Waals surface area contributed by atoms with Gasteiger partial charge in [-0.2, -0.15) is 0 Å². The van der Waals surface area contributed by atoms with E-state index in [-0.39, 0.29) is 5.78 Å². The summed E-state index contributed by atoms with van der Waals surface area (Å²) in [6.45, 7) is 7.41. The van der Waals surface area contributed by atoms with Gasteiger partial charge < -0.3 is 9.84 Å². The van der Waals surface area contributed by atoms with Crippen molar-refractivity contribution in [3.05, 3.63) is 48.6 Å². The zero-order valence-electron chi connectivity index (χ0n) is 11.6. The quantitative estimate of drug-likeness (QED) is 0.733. The van der Waals surface area contributed by atoms with Crippen molar-refractivity contribution in [1.82, 2.24) is 0 Å². The molecule has 0 bridgehead atoms. The van der Waals surface area contributed by atoms with E-state index in [0.717, 1.165) is 5.56 Å². The lowest BCUT2D eigenvalue weighted by atomic mass is 9.94. The van der Waals surface area contributed by atoms with Crippen molar-refractivity contribution in [2.24, 2.45) is 5.92 Å². The Bertz CT molecular complexity index is 400. The Labute approximate surface area is 114 Å². The van der Waals surface area contributed by atoms with Crippen LogP contribution in [0.3, 0.4) is 0 Å². The van der Waals surface area contributed by atoms with Gasteiger partial charge in [-0.25, -0.2) is 0 Å². The molecular formula is C16H22O3. The van der Waals surface area contributed by atoms with Crippen molar-refractivity contribution in [2.75, 3.05) is 0 Å². The van der Waals surface area contributed by atoms with Gasteiger partial charge in [0, 0.05) is 5.92 Å². The van der Waals surface area contributed by atoms with E-state index in [1.165, 1.54) is 0 Å². The number of carbonyl (C=O) groups excluding carboxylic acids is 1. The molecule has 0 aliphatic rings. The van der Waals surface area contributed by atoms with Gasteiger partial charge >= 0.3 is 0 Å². The zero-order chi connectivity index (χ0) is 14.3. The van der Waals surface area contributed by atoms with Crippen LogP contribution in [-0.2, 0) is 16.1 Å². The summed E-state index contributed by atoms with van der Waals surface area (Å²) >= 11 is 0. The molecule has 0 saturated carbocycles. The largest absolute Gasteiger partial charge is 0.392 e. The van der Waals surface area contributed by atoms with Gasteiger partial charge in [-0.15, -0.1) is 6.58 Å². The lowest BCUT2D eigenvalue weighted by Crippen LogP contribution is -2.33. The van der Waals surface area contributed by atoms with Crippen LogP contribution in [0.5, 0.6) is 0 Å². The smallest absolute Gasteiger partial charge is 0.166 e. The third kappa shape index (κ3) is 4.97. The Hall–Kier alpha value is -1.45. The molecule has 0 radical (unpaired) electrons. The second kappa shape index (κ2) is 7.87. The van der Waals surface area contributed by atoms with Crippen molar-refractivity contribution >= 4 is 5.78 Å². The molecule has 1 aromatic rings. The van der Waals surface area contributed by atoms with Gasteiger partial charge in [-0.05, 0) is 18.9 Å². The van der Waals surface area contributed by atoms with Crippen LogP contribution >= 0.6 is 0 Å². The lowest BCUT2D eigenvalue weighted by molar-refractivity contribution is -0.137. The molecule has 0 unspecified atom stereocenters. The summed E-state index contributed by atoms with van der Waals surface area (Å²) < 4.78 is 5.55. The predicted molar refractivity (Wildman–Crippen MR) is 75.7 cm³/mol. The van der Waals surface area contributed by atoms with Gasteiger partial charge in [-0.3, -0.25) is 4.79 Å². The molecule has 0 saturated heterocycles. The van der Waals surface area contributed by atoms with E-state index >= 15 is 0 Å². The molecule has 0 aromatic heterocycles. The number of aliphatic hydroxyl groups excluding tert-OH is 1. The maximum absolute atomic E-state index is 12.1. The van der Waals surface area contributed by atoms with Crippen LogP contribution in [-0.4, -0.2) is 23.1 Å². The van der Waals surface area contributed by atoms with Crippen molar-refractivity contribution < 1.29 is 14.6 Å². The van der Waals surface area contributed by atoms with Crippen molar-refractivity contribution in [3.63, 3.8) is 0 Å². The minimum absolute atomic E-state index is 0.0784. The Kier molecular flexibility index (Phi) is 6.46. The number of hydrogen-bond acceptors (Lipinski definition) is 3. The first-order valence-corrected chi connectivity index (χ1v) is 6.54. The molecule has 0 aliphatic carbocycles. The van der Waals surface area contributed by atoms with Gasteiger partial charge in [-0.1, -0.05) is 43.3 Å². The molecule has 1 aromatic carbocycles. The van der Waals surface area contributed by atoms with E-state index in [2.05, 4.69) is 6.58 Å². The van der Waals surface area contributed by atoms with E-state index in [4.69, 9.17) is 4.74 Å². The fourth-order valence-electron chi connectivity index (χ4n) is 1.81. The molecule has 1 N–H and O–H groups in total. The van der Waals surface area contributed by atoms with Gasteiger partial charge in [0.1, 0.15) is 6.10 Å². The fourth-order valence-corrected chi connectivity index (χ4v) is 1.81. The summed E-state index contributed by atoms with van der Waals surface area (Å²) in [6.07, 6.45) is 0.824. The van der Waals surface area contributed by atoms with Gasteiger partial charge in [0.05, 0.1) is 12.7 Å². The van der Waals surface area contributed by atoms with Crippen LogP contribution in [0, 0.1) is 5.92 Å². The van der Waals surface area contributed by atoms with E-state index in [1.807, 2.05) is 30.3 Å². The molecular weight excluding hydrogens is 240 g/mol. The number of carbonyl (C=O) groups is 1. The standard InChI is InChI=1S/C16H22O3/c1-4-8-15(17)12(2)16(18)13(3)19-11-14-9-6-5-7-10-14/h4-7,9-10,12-13,15,17H,1,8,11H2,2-3H3/t12-,13-,15+/m0/s1. The number of ether oxygens (including phenoxy) is 1. The molecule has 0 aliphatic heterocycles. The second-order valence-corrected chi connectivity index (χ2v) is 4.72. The first-order valence-electron chi connectivity index (χ1n) is 6.54. The van der Waals surface area contributed by atoms with Crippen molar-refractivity contribution in [3.8, 4) is 0 Å². The summed E-state index contributed by atoms with van der Waals surface area (Å²) in [5.74, 6) is -0.519. The van der Waals surface area contributed by atoms with Crippen molar-refractivity contribution in [1.29, 1.82) is 0 Å². The summed E-state index contributed by atoms with van der Waals surface area (Å²) in [6, 6.07) is 9.70. The average molecular weight is 262 g/mol. The number of hydrogen-bond donors (Lipinski definition) is 1. The molecule has 1 rings (SSSR count). The Morgan fingerprint density at radius 2 is 2.00 bits per heavy atom. The number of ketones is 1. The highest BCUT2D eigenvalue weighted by Gasteiger charge is 2.25. The number of rotatable bonds is 8. The molecule has 0 spiro atoms. The molecule has 3 atom stereocenters. The van der Waals surface area contributed by atoms with Gasteiger partial charge in [0.25, 0.3) is 0 Å². The minimum atomic E-state index is -0.687. The Balaban J connectivity index is 2.46. The maximum atomic E-state index is 12.1. The highest BCUT2D eigenvalue weighted by Crippen LogP contribution is 2.13. The normalized spacial score (nSPS) is 15.5. The molecule has 19 heavy (non-hydrogen) atoms. The van der Waals surface area contributed by atoms with Crippen LogP contribution in [0.25, 0.3) is 0 Å². The lowest BCUT2D eigenvalue weighted by Gasteiger charge is -2.20. The van der Waals surface area contributed by atoms with Crippen LogP contribution < -0.4 is 0 Å². The predicted octanol–water partition coefficient (Wildman–Crippen LogP) is 2.73. The molecule has 3 heteroatoms. The summed E-state index contributed by atoms with van der Waals surface area (Å²) in [7, 11) is 0. The first-order chi connectivity index (χ1) is 9.06. The molecule has 104 valence electrons. The number of benzene rings is 1. The summed E-state index contributed by atoms with van der Waals surface area (Å²) in [5.41, 5.74) is 1.03. The summed E-state index contributed by atoms with van der Waals surface area (Å²) in [5, 5.41) is 9.77. The molecule has 0 heterocycles. The average Bonchev–Trinajstić information content (AvgIpc) is 2.44. The third-order valence-electron chi connectivity index (χ3n) is 3.18. The highest BCUT2D eigenvalue weighted by molar-refractivity contribution is 5.85. The minimum Gasteiger partial charge on any atom is -0.392 e. The van der Waals surface area contributed by atoms with E-state index in [9.17, 15) is 9.90 Å². The Morgan fingerprint density at radius 3 is 2.58 bits per heavy atom. The first kappa shape index (κ1) is 15.6. The van der Waals surface area contributed by atoms with Gasteiger partial charge in [0.15, 0.2) is 5.78 Å². The van der Waals surface area contributed by atoms with Crippen molar-refractivity contribution in [2.45, 2.75) is 39.1 Å². The van der Waals surface area contributed by atoms with Crippen LogP contribution in [0.1, 0.15) is 25.8 Å². The van der Waals surface area contributed by atoms with Crippen LogP contribution in [0.2, 0.25) is 0 Å². The SMILES string of the molecule is C=CC[C@@H](O)[C@H](C)C(=O)[C@H](C)OCc1ccccc1. The second-order valence-electron chi connectivity index (χ2n) is 4.72. The summed E-state index contributed by atoms with van der Waals surface area (Å²) in [4.78, 5) is 12.1. The zero-order valence-corrected chi connectivity index (χ0v) is 11.6. The highest BCUT2D eigenvalue weighted by atomic mass is 16.5. The topological polar surface area (TPSA) is 46.5 Å². The molecule has 0 fully saturated rings. The van der Waals surface area contributed by atoms with Gasteiger partial charge in [0.2, 0.25) is 0 Å². The van der Waals surface area contributed by atoms with E-state index in [0.29, 0.717) is 13.0 Å². The van der Waals surface area contributed by atoms with E-state index in [1.54, 1.807) is 19.9 Å². The van der Waals surface area contributed by atoms with Crippen LogP contribution in [0.15, 0.2) is 43.0 Å². The molecule has 0 amide bonds. The molecule has 3 nitrogen and oxygen atoms in total. The number of Topliss-reactive ketones (excluding diaryl/α,β-unsaturated/α-hetero) is 1. The maximum Gasteiger partial charge on any atom is 0.166 e. The fraction of sp³-hybridized carbons (Fsp3) is 0.438. The Morgan fingerprint density at radius 1 is 1.37 bits per heavy atom. The van der Waals surface area contributed by atoms with E-state index < -0.39 is 18.1 Å². The third-order valence-corrected chi connectivity index (χ3v) is 3.18. The monoisotopic (exact) mass is 262 g/mol. The number of aliphatic hydroxyl groups is 1.